The number of amides is 1. The molecule has 6 rings (SSSR count). The summed E-state index contributed by atoms with van der Waals surface area (Å²) in [6.45, 7) is -0.123. The van der Waals surface area contributed by atoms with Gasteiger partial charge in [-0.3, -0.25) is 9.10 Å². The number of carbonyl (C=O) groups is 1. The van der Waals surface area contributed by atoms with Gasteiger partial charge in [-0.2, -0.15) is 5.26 Å². The van der Waals surface area contributed by atoms with Gasteiger partial charge in [-0.25, -0.2) is 12.8 Å². The average molecular weight is 643 g/mol. The van der Waals surface area contributed by atoms with Gasteiger partial charge in [-0.1, -0.05) is 59.6 Å². The Labute approximate surface area is 260 Å². The Bertz CT molecular complexity index is 1660. The molecule has 1 saturated heterocycles. The smallest absolute Gasteiger partial charge is 0.253 e. The van der Waals surface area contributed by atoms with Crippen molar-refractivity contribution in [3.63, 3.8) is 0 Å². The van der Waals surface area contributed by atoms with Gasteiger partial charge in [0, 0.05) is 10.0 Å². The number of nitrogens with zero attached hydrogens (tertiary/aromatic N) is 3. The molecule has 0 unspecified atom stereocenters. The van der Waals surface area contributed by atoms with Gasteiger partial charge in [-0.15, -0.1) is 0 Å². The minimum atomic E-state index is -3.91. The van der Waals surface area contributed by atoms with Crippen LogP contribution in [0.2, 0.25) is 10.0 Å². The second-order valence-corrected chi connectivity index (χ2v) is 14.3. The summed E-state index contributed by atoms with van der Waals surface area (Å²) in [4.78, 5) is 16.0. The zero-order valence-electron chi connectivity index (χ0n) is 23.2. The summed E-state index contributed by atoms with van der Waals surface area (Å²) in [6.07, 6.45) is 0.580. The van der Waals surface area contributed by atoms with Gasteiger partial charge in [0.2, 0.25) is 10.0 Å². The van der Waals surface area contributed by atoms with Crippen molar-refractivity contribution in [2.75, 3.05) is 10.8 Å². The van der Waals surface area contributed by atoms with E-state index in [9.17, 15) is 18.5 Å². The van der Waals surface area contributed by atoms with Crippen molar-refractivity contribution in [1.82, 2.24) is 4.90 Å². The molecule has 4 atom stereocenters. The van der Waals surface area contributed by atoms with Crippen LogP contribution in [0.15, 0.2) is 72.8 Å². The Balaban J connectivity index is 1.50. The maximum absolute atomic E-state index is 15.2. The Kier molecular flexibility index (Phi) is 8.40. The molecule has 3 aromatic carbocycles. The number of para-hydroxylation sites is 1. The monoisotopic (exact) mass is 641 g/mol. The third-order valence-corrected chi connectivity index (χ3v) is 11.1. The molecule has 1 aliphatic heterocycles. The second-order valence-electron chi connectivity index (χ2n) is 11.3. The number of nitriles is 1. The summed E-state index contributed by atoms with van der Waals surface area (Å²) in [7, 11) is -3.91. The maximum Gasteiger partial charge on any atom is 0.253 e. The van der Waals surface area contributed by atoms with Crippen LogP contribution in [-0.2, 0) is 19.6 Å². The van der Waals surface area contributed by atoms with E-state index in [2.05, 4.69) is 6.07 Å². The molecule has 0 N–H and O–H groups in total. The van der Waals surface area contributed by atoms with Gasteiger partial charge in [0.15, 0.2) is 0 Å². The number of carbonyl (C=O) groups excluding carboxylic acids is 1. The average Bonchev–Trinajstić information content (AvgIpc) is 3.90. The fourth-order valence-electron chi connectivity index (χ4n) is 5.94. The van der Waals surface area contributed by atoms with Gasteiger partial charge in [0.1, 0.15) is 18.0 Å². The first-order chi connectivity index (χ1) is 20.7. The van der Waals surface area contributed by atoms with Crippen molar-refractivity contribution in [3.8, 4) is 6.07 Å². The van der Waals surface area contributed by atoms with Gasteiger partial charge in [0.05, 0.1) is 42.1 Å². The molecule has 11 heteroatoms. The van der Waals surface area contributed by atoms with E-state index in [1.165, 1.54) is 22.5 Å². The quantitative estimate of drug-likeness (QED) is 0.242. The molecule has 1 amide bonds. The van der Waals surface area contributed by atoms with E-state index in [4.69, 9.17) is 27.9 Å². The molecular formula is C32H30Cl2FN3O4S. The fraction of sp³-hybridized carbons (Fsp3) is 0.375. The van der Waals surface area contributed by atoms with E-state index in [-0.39, 0.29) is 24.6 Å². The SMILES string of the molecule is N#CC[C@H]1O[C@@H](c2cccc(Cl)c2)[C@@H](c2ccc(Cl)cc2)N([C@H](CN(c2ccccc2F)S(=O)(=O)C2CC2)C2CC2)C1=O. The third-order valence-electron chi connectivity index (χ3n) is 8.34. The standard InChI is InChI=1S/C32H30Cl2FN3O4S/c33-23-12-10-21(11-13-23)30-31(22-4-3-5-24(34)18-22)42-29(16-17-36)32(39)38(30)28(20-8-9-20)19-37(43(40,41)25-14-15-25)27-7-2-1-6-26(27)35/h1-7,10-13,18,20,25,28-31H,8-9,14-16,19H2/t28-,29-,30-,31+/m1/s1. The number of halogens is 3. The van der Waals surface area contributed by atoms with Crippen LogP contribution in [0.1, 0.15) is 55.4 Å². The molecule has 3 aromatic rings. The second kappa shape index (κ2) is 12.1. The van der Waals surface area contributed by atoms with Crippen LogP contribution in [-0.4, -0.2) is 43.2 Å². The highest BCUT2D eigenvalue weighted by atomic mass is 35.5. The number of rotatable bonds is 10. The largest absolute Gasteiger partial charge is 0.357 e. The molecule has 2 saturated carbocycles. The number of morpholine rings is 1. The fourth-order valence-corrected chi connectivity index (χ4v) is 8.14. The van der Waals surface area contributed by atoms with Crippen LogP contribution < -0.4 is 4.31 Å². The molecule has 2 aliphatic carbocycles. The van der Waals surface area contributed by atoms with Gasteiger partial charge in [-0.05, 0) is 79.1 Å². The normalized spacial score (nSPS) is 23.1. The summed E-state index contributed by atoms with van der Waals surface area (Å²) >= 11 is 12.6. The summed E-state index contributed by atoms with van der Waals surface area (Å²) in [5, 5.41) is 10.0. The number of benzene rings is 3. The van der Waals surface area contributed by atoms with Crippen LogP contribution in [0.4, 0.5) is 10.1 Å². The van der Waals surface area contributed by atoms with E-state index in [0.717, 1.165) is 18.4 Å². The van der Waals surface area contributed by atoms with E-state index in [1.807, 2.05) is 18.2 Å². The molecule has 3 fully saturated rings. The van der Waals surface area contributed by atoms with Crippen molar-refractivity contribution in [1.29, 1.82) is 5.26 Å². The molecule has 43 heavy (non-hydrogen) atoms. The Hall–Kier alpha value is -3.16. The molecule has 7 nitrogen and oxygen atoms in total. The first kappa shape index (κ1) is 29.9. The lowest BCUT2D eigenvalue weighted by Gasteiger charge is -2.49. The van der Waals surface area contributed by atoms with Crippen LogP contribution in [0.3, 0.4) is 0 Å². The first-order valence-corrected chi connectivity index (χ1v) is 16.6. The topological polar surface area (TPSA) is 90.7 Å². The van der Waals surface area contributed by atoms with E-state index in [0.29, 0.717) is 28.5 Å². The van der Waals surface area contributed by atoms with Gasteiger partial charge < -0.3 is 9.64 Å². The van der Waals surface area contributed by atoms with E-state index < -0.39 is 51.3 Å². The van der Waals surface area contributed by atoms with E-state index in [1.54, 1.807) is 41.3 Å². The predicted molar refractivity (Wildman–Crippen MR) is 163 cm³/mol. The van der Waals surface area contributed by atoms with Crippen molar-refractivity contribution in [2.24, 2.45) is 5.92 Å². The van der Waals surface area contributed by atoms with Crippen molar-refractivity contribution >= 4 is 44.8 Å². The number of hydrogen-bond donors (Lipinski definition) is 0. The molecule has 3 aliphatic rings. The van der Waals surface area contributed by atoms with Crippen LogP contribution >= 0.6 is 23.2 Å². The minimum Gasteiger partial charge on any atom is -0.357 e. The Morgan fingerprint density at radius 3 is 2.33 bits per heavy atom. The summed E-state index contributed by atoms with van der Waals surface area (Å²) in [5.74, 6) is -1.08. The number of sulfonamides is 1. The zero-order valence-corrected chi connectivity index (χ0v) is 25.5. The molecule has 224 valence electrons. The third kappa shape index (κ3) is 6.12. The highest BCUT2D eigenvalue weighted by molar-refractivity contribution is 7.93. The number of ether oxygens (including phenoxy) is 1. The lowest BCUT2D eigenvalue weighted by molar-refractivity contribution is -0.179. The van der Waals surface area contributed by atoms with Crippen molar-refractivity contribution < 1.29 is 22.3 Å². The minimum absolute atomic E-state index is 0.0247. The zero-order chi connectivity index (χ0) is 30.3. The Morgan fingerprint density at radius 1 is 0.977 bits per heavy atom. The van der Waals surface area contributed by atoms with Crippen LogP contribution in [0, 0.1) is 23.1 Å². The van der Waals surface area contributed by atoms with Crippen molar-refractivity contribution in [2.45, 2.75) is 61.6 Å². The lowest BCUT2D eigenvalue weighted by atomic mass is 9.89. The molecule has 0 spiro atoms. The number of hydrogen-bond acceptors (Lipinski definition) is 5. The van der Waals surface area contributed by atoms with Crippen LogP contribution in [0.5, 0.6) is 0 Å². The summed E-state index contributed by atoms with van der Waals surface area (Å²) < 4.78 is 50.4. The van der Waals surface area contributed by atoms with Crippen LogP contribution in [0.25, 0.3) is 0 Å². The predicted octanol–water partition coefficient (Wildman–Crippen LogP) is 6.83. The lowest BCUT2D eigenvalue weighted by Crippen LogP contribution is -2.58. The van der Waals surface area contributed by atoms with Gasteiger partial charge in [0.25, 0.3) is 5.91 Å². The summed E-state index contributed by atoms with van der Waals surface area (Å²) in [6, 6.07) is 20.8. The number of anilines is 1. The molecule has 0 bridgehead atoms. The molecular weight excluding hydrogens is 612 g/mol. The Morgan fingerprint density at radius 2 is 1.70 bits per heavy atom. The van der Waals surface area contributed by atoms with Crippen molar-refractivity contribution in [3.05, 3.63) is 99.8 Å². The molecule has 0 aromatic heterocycles. The maximum atomic E-state index is 15.2. The van der Waals surface area contributed by atoms with Gasteiger partial charge >= 0.3 is 0 Å². The molecule has 0 radical (unpaired) electrons. The first-order valence-electron chi connectivity index (χ1n) is 14.3. The highest BCUT2D eigenvalue weighted by Gasteiger charge is 2.52. The molecule has 1 heterocycles. The van der Waals surface area contributed by atoms with E-state index >= 15 is 4.39 Å². The highest BCUT2D eigenvalue weighted by Crippen LogP contribution is 2.49. The summed E-state index contributed by atoms with van der Waals surface area (Å²) in [5.41, 5.74) is 1.40.